The molecule has 6 heteroatoms. The number of carbonyl (C=O) groups is 1. The zero-order valence-electron chi connectivity index (χ0n) is 13.2. The maximum atomic E-state index is 12.5. The van der Waals surface area contributed by atoms with Gasteiger partial charge in [-0.05, 0) is 40.9 Å². The average molecular weight is 399 g/mol. The summed E-state index contributed by atoms with van der Waals surface area (Å²) in [7, 11) is 0. The minimum absolute atomic E-state index is 0.00488. The highest BCUT2D eigenvalue weighted by atomic mass is 79.9. The van der Waals surface area contributed by atoms with Crippen LogP contribution in [-0.4, -0.2) is 60.7 Å². The molecule has 0 saturated carbocycles. The summed E-state index contributed by atoms with van der Waals surface area (Å²) < 4.78 is 6.41. The molecule has 1 N–H and O–H groups in total. The second kappa shape index (κ2) is 8.01. The Labute approximate surface area is 150 Å². The highest BCUT2D eigenvalue weighted by molar-refractivity contribution is 9.10. The van der Waals surface area contributed by atoms with E-state index in [-0.39, 0.29) is 11.4 Å². The molecule has 0 spiro atoms. The van der Waals surface area contributed by atoms with Crippen molar-refractivity contribution in [2.24, 2.45) is 0 Å². The van der Waals surface area contributed by atoms with Gasteiger partial charge in [0.1, 0.15) is 0 Å². The predicted molar refractivity (Wildman–Crippen MR) is 98.2 cm³/mol. The largest absolute Gasteiger partial charge is 0.381 e. The number of ether oxygens (including phenoxy) is 1. The molecule has 2 saturated heterocycles. The van der Waals surface area contributed by atoms with Crippen molar-refractivity contribution in [2.45, 2.75) is 18.4 Å². The Kier molecular flexibility index (Phi) is 6.01. The van der Waals surface area contributed by atoms with Gasteiger partial charge in [0.05, 0.1) is 5.56 Å². The van der Waals surface area contributed by atoms with Crippen LogP contribution in [-0.2, 0) is 4.74 Å². The molecule has 0 aromatic heterocycles. The van der Waals surface area contributed by atoms with Crippen molar-refractivity contribution in [3.05, 3.63) is 34.3 Å². The van der Waals surface area contributed by atoms with Gasteiger partial charge in [-0.15, -0.1) is 0 Å². The molecule has 0 unspecified atom stereocenters. The van der Waals surface area contributed by atoms with E-state index in [1.165, 1.54) is 11.5 Å². The lowest BCUT2D eigenvalue weighted by atomic mass is 9.87. The van der Waals surface area contributed by atoms with Gasteiger partial charge in [-0.2, -0.15) is 11.8 Å². The third-order valence-electron chi connectivity index (χ3n) is 4.80. The summed E-state index contributed by atoms with van der Waals surface area (Å²) in [6, 6.07) is 7.58. The molecule has 1 aromatic carbocycles. The highest BCUT2D eigenvalue weighted by Crippen LogP contribution is 2.30. The van der Waals surface area contributed by atoms with Crippen molar-refractivity contribution in [3.63, 3.8) is 0 Å². The van der Waals surface area contributed by atoms with Gasteiger partial charge in [-0.25, -0.2) is 0 Å². The minimum atomic E-state index is -0.00488. The molecule has 23 heavy (non-hydrogen) atoms. The summed E-state index contributed by atoms with van der Waals surface area (Å²) in [5.41, 5.74) is 0.750. The topological polar surface area (TPSA) is 41.6 Å². The Morgan fingerprint density at radius 1 is 1.26 bits per heavy atom. The third kappa shape index (κ3) is 4.10. The molecule has 1 amide bonds. The maximum absolute atomic E-state index is 12.5. The fraction of sp³-hybridized carbons (Fsp3) is 0.588. The number of hydrogen-bond donors (Lipinski definition) is 1. The van der Waals surface area contributed by atoms with E-state index >= 15 is 0 Å². The van der Waals surface area contributed by atoms with Crippen LogP contribution in [0, 0.1) is 0 Å². The van der Waals surface area contributed by atoms with Crippen molar-refractivity contribution in [2.75, 3.05) is 44.4 Å². The van der Waals surface area contributed by atoms with Crippen molar-refractivity contribution in [1.29, 1.82) is 0 Å². The number of hydrogen-bond acceptors (Lipinski definition) is 4. The molecular weight excluding hydrogens is 376 g/mol. The highest BCUT2D eigenvalue weighted by Gasteiger charge is 2.39. The number of amides is 1. The fourth-order valence-corrected chi connectivity index (χ4v) is 4.75. The number of nitrogens with zero attached hydrogens (tertiary/aromatic N) is 1. The fourth-order valence-electron chi connectivity index (χ4n) is 3.38. The summed E-state index contributed by atoms with van der Waals surface area (Å²) >= 11 is 5.48. The molecule has 2 heterocycles. The zero-order chi connectivity index (χ0) is 16.1. The van der Waals surface area contributed by atoms with E-state index in [2.05, 4.69) is 26.1 Å². The Balaban J connectivity index is 1.69. The second-order valence-corrected chi connectivity index (χ2v) is 8.18. The van der Waals surface area contributed by atoms with Crippen LogP contribution in [0.2, 0.25) is 0 Å². The molecular formula is C17H23BrN2O2S. The van der Waals surface area contributed by atoms with Gasteiger partial charge >= 0.3 is 0 Å². The van der Waals surface area contributed by atoms with E-state index in [0.717, 1.165) is 43.6 Å². The molecule has 0 radical (unpaired) electrons. The molecule has 0 atom stereocenters. The smallest absolute Gasteiger partial charge is 0.252 e. The van der Waals surface area contributed by atoms with Crippen LogP contribution < -0.4 is 5.32 Å². The summed E-state index contributed by atoms with van der Waals surface area (Å²) in [6.07, 6.45) is 1.99. The van der Waals surface area contributed by atoms with E-state index < -0.39 is 0 Å². The summed E-state index contributed by atoms with van der Waals surface area (Å²) in [6.45, 7) is 4.48. The average Bonchev–Trinajstić information content (AvgIpc) is 2.62. The van der Waals surface area contributed by atoms with Gasteiger partial charge in [0.15, 0.2) is 0 Å². The van der Waals surface area contributed by atoms with E-state index in [1.807, 2.05) is 36.0 Å². The van der Waals surface area contributed by atoms with Gasteiger partial charge in [-0.3, -0.25) is 9.69 Å². The normalized spacial score (nSPS) is 21.8. The van der Waals surface area contributed by atoms with E-state index in [4.69, 9.17) is 4.74 Å². The Morgan fingerprint density at radius 2 is 1.96 bits per heavy atom. The van der Waals surface area contributed by atoms with Gasteiger partial charge in [0.2, 0.25) is 0 Å². The van der Waals surface area contributed by atoms with Crippen LogP contribution in [0.1, 0.15) is 23.2 Å². The van der Waals surface area contributed by atoms with Gasteiger partial charge in [0, 0.05) is 54.4 Å². The molecule has 126 valence electrons. The van der Waals surface area contributed by atoms with Crippen LogP contribution in [0.3, 0.4) is 0 Å². The number of rotatable bonds is 4. The van der Waals surface area contributed by atoms with E-state index in [1.54, 1.807) is 0 Å². The first kappa shape index (κ1) is 17.3. The molecule has 2 aliphatic rings. The quantitative estimate of drug-likeness (QED) is 0.846. The minimum Gasteiger partial charge on any atom is -0.381 e. The van der Waals surface area contributed by atoms with Crippen LogP contribution in [0.4, 0.5) is 0 Å². The number of nitrogens with one attached hydrogen (secondary N) is 1. The van der Waals surface area contributed by atoms with Crippen LogP contribution in [0.5, 0.6) is 0 Å². The molecule has 2 aliphatic heterocycles. The predicted octanol–water partition coefficient (Wildman–Crippen LogP) is 2.78. The Hall–Kier alpha value is -0.560. The summed E-state index contributed by atoms with van der Waals surface area (Å²) in [4.78, 5) is 15.1. The number of benzene rings is 1. The Bertz CT molecular complexity index is 543. The van der Waals surface area contributed by atoms with Crippen molar-refractivity contribution < 1.29 is 9.53 Å². The van der Waals surface area contributed by atoms with Crippen molar-refractivity contribution in [3.8, 4) is 0 Å². The number of halogens is 1. The number of carbonyl (C=O) groups excluding carboxylic acids is 1. The molecule has 2 fully saturated rings. The lowest BCUT2D eigenvalue weighted by molar-refractivity contribution is -0.0237. The second-order valence-electron chi connectivity index (χ2n) is 6.10. The third-order valence-corrected chi connectivity index (χ3v) is 6.44. The lowest BCUT2D eigenvalue weighted by Gasteiger charge is -2.48. The van der Waals surface area contributed by atoms with E-state index in [0.29, 0.717) is 12.1 Å². The number of thioether (sulfide) groups is 1. The van der Waals surface area contributed by atoms with Gasteiger partial charge < -0.3 is 10.1 Å². The lowest BCUT2D eigenvalue weighted by Crippen LogP contribution is -2.60. The van der Waals surface area contributed by atoms with Gasteiger partial charge in [-0.1, -0.05) is 12.1 Å². The molecule has 0 aliphatic carbocycles. The van der Waals surface area contributed by atoms with Crippen LogP contribution in [0.25, 0.3) is 0 Å². The molecule has 0 bridgehead atoms. The van der Waals surface area contributed by atoms with Crippen LogP contribution in [0.15, 0.2) is 28.7 Å². The molecule has 1 aromatic rings. The van der Waals surface area contributed by atoms with Crippen molar-refractivity contribution in [1.82, 2.24) is 10.2 Å². The first-order valence-electron chi connectivity index (χ1n) is 8.15. The summed E-state index contributed by atoms with van der Waals surface area (Å²) in [5.74, 6) is 2.36. The zero-order valence-corrected chi connectivity index (χ0v) is 15.6. The van der Waals surface area contributed by atoms with Gasteiger partial charge in [0.25, 0.3) is 5.91 Å². The van der Waals surface area contributed by atoms with Crippen molar-refractivity contribution >= 4 is 33.6 Å². The Morgan fingerprint density at radius 3 is 2.65 bits per heavy atom. The first-order chi connectivity index (χ1) is 11.2. The van der Waals surface area contributed by atoms with Crippen LogP contribution >= 0.6 is 27.7 Å². The SMILES string of the molecule is O=C(NCC1(N2CCSCC2)CCOCC1)c1ccccc1Br. The molecule has 3 rings (SSSR count). The monoisotopic (exact) mass is 398 g/mol. The molecule has 4 nitrogen and oxygen atoms in total. The standard InChI is InChI=1S/C17H23BrN2O2S/c18-15-4-2-1-3-14(15)16(21)19-13-17(5-9-22-10-6-17)20-7-11-23-12-8-20/h1-4H,5-13H2,(H,19,21). The van der Waals surface area contributed by atoms with E-state index in [9.17, 15) is 4.79 Å². The summed E-state index contributed by atoms with van der Waals surface area (Å²) in [5, 5.41) is 3.17. The first-order valence-corrected chi connectivity index (χ1v) is 10.1. The maximum Gasteiger partial charge on any atom is 0.252 e.